The molecule has 1 aromatic rings. The van der Waals surface area contributed by atoms with Crippen molar-refractivity contribution >= 4 is 17.5 Å². The monoisotopic (exact) mass is 267 g/mol. The van der Waals surface area contributed by atoms with Crippen LogP contribution in [0.4, 0.5) is 0 Å². The van der Waals surface area contributed by atoms with Gasteiger partial charge in [-0.2, -0.15) is 0 Å². The molecule has 2 aliphatic rings. The Labute approximate surface area is 110 Å². The molecule has 96 valence electrons. The van der Waals surface area contributed by atoms with Gasteiger partial charge < -0.3 is 15.3 Å². The highest BCUT2D eigenvalue weighted by molar-refractivity contribution is 6.30. The normalized spacial score (nSPS) is 29.5. The Morgan fingerprint density at radius 1 is 1.50 bits per heavy atom. The second-order valence-electron chi connectivity index (χ2n) is 4.89. The Morgan fingerprint density at radius 3 is 2.94 bits per heavy atom. The molecule has 1 aromatic heterocycles. The van der Waals surface area contributed by atoms with Gasteiger partial charge in [0.1, 0.15) is 5.69 Å². The molecule has 1 amide bonds. The van der Waals surface area contributed by atoms with E-state index in [9.17, 15) is 9.90 Å². The first-order valence-electron chi connectivity index (χ1n) is 6.02. The maximum Gasteiger partial charge on any atom is 0.270 e. The number of nitrogens with zero attached hydrogens (tertiary/aromatic N) is 2. The number of nitrogens with one attached hydrogen (secondary N) is 1. The van der Waals surface area contributed by atoms with Crippen molar-refractivity contribution in [1.82, 2.24) is 15.2 Å². The molecular formula is C12H14ClN3O2. The maximum absolute atomic E-state index is 12.0. The molecule has 0 spiro atoms. The lowest BCUT2D eigenvalue weighted by Gasteiger charge is -2.22. The Balaban J connectivity index is 1.69. The SMILES string of the molecule is O=C(NC1CN2CC[C@H]1C2)c1ccc(O)c(Cl)n1. The van der Waals surface area contributed by atoms with E-state index in [1.165, 1.54) is 12.1 Å². The average molecular weight is 268 g/mol. The summed E-state index contributed by atoms with van der Waals surface area (Å²) in [7, 11) is 0. The van der Waals surface area contributed by atoms with Crippen LogP contribution < -0.4 is 5.32 Å². The van der Waals surface area contributed by atoms with Gasteiger partial charge in [0.25, 0.3) is 5.91 Å². The van der Waals surface area contributed by atoms with Crippen molar-refractivity contribution in [2.75, 3.05) is 19.6 Å². The first-order chi connectivity index (χ1) is 8.63. The van der Waals surface area contributed by atoms with Gasteiger partial charge in [0.05, 0.1) is 0 Å². The van der Waals surface area contributed by atoms with E-state index in [1.54, 1.807) is 0 Å². The number of hydrogen-bond acceptors (Lipinski definition) is 4. The number of amides is 1. The highest BCUT2D eigenvalue weighted by atomic mass is 35.5. The number of carbonyl (C=O) groups excluding carboxylic acids is 1. The third-order valence-corrected chi connectivity index (χ3v) is 3.99. The Hall–Kier alpha value is -1.33. The second-order valence-corrected chi connectivity index (χ2v) is 5.25. The van der Waals surface area contributed by atoms with Crippen molar-refractivity contribution in [3.8, 4) is 5.75 Å². The van der Waals surface area contributed by atoms with Crippen LogP contribution in [0.25, 0.3) is 0 Å². The zero-order chi connectivity index (χ0) is 12.7. The summed E-state index contributed by atoms with van der Waals surface area (Å²) in [6.45, 7) is 3.14. The number of aromatic hydroxyl groups is 1. The van der Waals surface area contributed by atoms with Gasteiger partial charge in [-0.3, -0.25) is 4.79 Å². The van der Waals surface area contributed by atoms with Crippen LogP contribution in [0, 0.1) is 5.92 Å². The van der Waals surface area contributed by atoms with E-state index in [4.69, 9.17) is 11.6 Å². The number of hydrogen-bond donors (Lipinski definition) is 2. The van der Waals surface area contributed by atoms with Crippen LogP contribution in [-0.2, 0) is 0 Å². The van der Waals surface area contributed by atoms with Crippen molar-refractivity contribution in [2.24, 2.45) is 5.92 Å². The number of fused-ring (bicyclic) bond motifs is 2. The molecule has 0 saturated carbocycles. The third-order valence-electron chi connectivity index (χ3n) is 3.71. The summed E-state index contributed by atoms with van der Waals surface area (Å²) in [6, 6.07) is 3.07. The van der Waals surface area contributed by atoms with E-state index >= 15 is 0 Å². The maximum atomic E-state index is 12.0. The highest BCUT2D eigenvalue weighted by Gasteiger charge is 2.38. The van der Waals surface area contributed by atoms with Crippen molar-refractivity contribution in [3.63, 3.8) is 0 Å². The smallest absolute Gasteiger partial charge is 0.270 e. The lowest BCUT2D eigenvalue weighted by molar-refractivity contribution is 0.0919. The topological polar surface area (TPSA) is 65.5 Å². The number of piperidine rings is 1. The first kappa shape index (κ1) is 11.7. The molecule has 5 nitrogen and oxygen atoms in total. The number of pyridine rings is 1. The molecule has 0 aromatic carbocycles. The van der Waals surface area contributed by atoms with Crippen molar-refractivity contribution < 1.29 is 9.90 Å². The predicted molar refractivity (Wildman–Crippen MR) is 66.7 cm³/mol. The van der Waals surface area contributed by atoms with Gasteiger partial charge >= 0.3 is 0 Å². The van der Waals surface area contributed by atoms with Crippen LogP contribution in [0.15, 0.2) is 12.1 Å². The number of halogens is 1. The molecule has 2 saturated heterocycles. The quantitative estimate of drug-likeness (QED) is 0.781. The number of aromatic nitrogens is 1. The van der Waals surface area contributed by atoms with Gasteiger partial charge in [-0.25, -0.2) is 4.98 Å². The first-order valence-corrected chi connectivity index (χ1v) is 6.40. The molecule has 3 rings (SSSR count). The van der Waals surface area contributed by atoms with Gasteiger partial charge in [0.2, 0.25) is 0 Å². The van der Waals surface area contributed by atoms with Crippen LogP contribution in [-0.4, -0.2) is 46.6 Å². The van der Waals surface area contributed by atoms with Crippen molar-refractivity contribution in [3.05, 3.63) is 23.0 Å². The Morgan fingerprint density at radius 2 is 2.33 bits per heavy atom. The lowest BCUT2D eigenvalue weighted by Crippen LogP contribution is -2.43. The molecule has 2 aliphatic heterocycles. The van der Waals surface area contributed by atoms with Gasteiger partial charge in [-0.1, -0.05) is 11.6 Å². The number of carbonyl (C=O) groups is 1. The molecule has 2 fully saturated rings. The van der Waals surface area contributed by atoms with Crippen molar-refractivity contribution in [1.29, 1.82) is 0 Å². The molecule has 2 N–H and O–H groups in total. The zero-order valence-corrected chi connectivity index (χ0v) is 10.5. The molecule has 3 heterocycles. The van der Waals surface area contributed by atoms with Crippen LogP contribution in [0.2, 0.25) is 5.15 Å². The molecule has 0 radical (unpaired) electrons. The molecule has 6 heteroatoms. The molecule has 2 unspecified atom stereocenters. The van der Waals surface area contributed by atoms with E-state index in [0.717, 1.165) is 26.1 Å². The fourth-order valence-electron chi connectivity index (χ4n) is 2.74. The Kier molecular flexibility index (Phi) is 2.87. The Bertz CT molecular complexity index is 494. The molecule has 0 aliphatic carbocycles. The molecule has 2 bridgehead atoms. The molecule has 18 heavy (non-hydrogen) atoms. The number of rotatable bonds is 2. The summed E-state index contributed by atoms with van der Waals surface area (Å²) in [4.78, 5) is 18.2. The van der Waals surface area contributed by atoms with Crippen LogP contribution >= 0.6 is 11.6 Å². The van der Waals surface area contributed by atoms with Crippen LogP contribution in [0.1, 0.15) is 16.9 Å². The van der Waals surface area contributed by atoms with E-state index in [-0.39, 0.29) is 28.5 Å². The third kappa shape index (κ3) is 2.04. The van der Waals surface area contributed by atoms with Crippen LogP contribution in [0.3, 0.4) is 0 Å². The van der Waals surface area contributed by atoms with Crippen LogP contribution in [0.5, 0.6) is 5.75 Å². The summed E-state index contributed by atoms with van der Waals surface area (Å²) >= 11 is 5.69. The van der Waals surface area contributed by atoms with Gasteiger partial charge in [-0.15, -0.1) is 0 Å². The fourth-order valence-corrected chi connectivity index (χ4v) is 2.90. The average Bonchev–Trinajstić information content (AvgIpc) is 2.94. The van der Waals surface area contributed by atoms with Gasteiger partial charge in [0.15, 0.2) is 10.9 Å². The van der Waals surface area contributed by atoms with E-state index in [1.807, 2.05) is 0 Å². The summed E-state index contributed by atoms with van der Waals surface area (Å²) in [5.41, 5.74) is 0.246. The standard InChI is InChI=1S/C12H14ClN3O2/c13-11-10(17)2-1-8(14-11)12(18)15-9-6-16-4-3-7(9)5-16/h1-2,7,9,17H,3-6H2,(H,15,18)/t7-,9?/m0/s1. The fraction of sp³-hybridized carbons (Fsp3) is 0.500. The summed E-state index contributed by atoms with van der Waals surface area (Å²) in [5.74, 6) is 0.219. The largest absolute Gasteiger partial charge is 0.505 e. The summed E-state index contributed by atoms with van der Waals surface area (Å²) in [6.07, 6.45) is 1.15. The minimum absolute atomic E-state index is 0.0423. The second kappa shape index (κ2) is 4.40. The van der Waals surface area contributed by atoms with Gasteiger partial charge in [-0.05, 0) is 31.0 Å². The lowest BCUT2D eigenvalue weighted by atomic mass is 10.00. The molecule has 3 atom stereocenters. The zero-order valence-electron chi connectivity index (χ0n) is 9.77. The van der Waals surface area contributed by atoms with E-state index in [0.29, 0.717) is 5.92 Å². The van der Waals surface area contributed by atoms with Crippen molar-refractivity contribution in [2.45, 2.75) is 12.5 Å². The minimum atomic E-state index is -0.226. The summed E-state index contributed by atoms with van der Waals surface area (Å²) in [5, 5.41) is 12.2. The molecular weight excluding hydrogens is 254 g/mol. The van der Waals surface area contributed by atoms with E-state index in [2.05, 4.69) is 15.2 Å². The van der Waals surface area contributed by atoms with Gasteiger partial charge in [0, 0.05) is 19.1 Å². The van der Waals surface area contributed by atoms with E-state index < -0.39 is 0 Å². The minimum Gasteiger partial charge on any atom is -0.505 e. The predicted octanol–water partition coefficient (Wildman–Crippen LogP) is 0.874. The summed E-state index contributed by atoms with van der Waals surface area (Å²) < 4.78 is 0. The highest BCUT2D eigenvalue weighted by Crippen LogP contribution is 2.28.